The Morgan fingerprint density at radius 3 is 1.24 bits per heavy atom. The molecule has 23 heteroatoms. The van der Waals surface area contributed by atoms with Gasteiger partial charge in [-0.25, -0.2) is 4.39 Å². The Hall–Kier alpha value is -10.6. The molecule has 0 radical (unpaired) electrons. The fraction of sp³-hybridized carbons (Fsp3) is 0.250. The SMILES string of the molecule is CC1(F)CCN(C(=O)c2nccc3cc(Nc4n[nH]c5cccnc45)ccc23)CC1.CN1CCN(C(=O)c2nccc3cc(Nc4n[nH]c5cccnc45)ccc23)CC1.C[C@H]1CCN(C(=O)c2nccc3cc(Nc4n[nH]c5cccnc45)ccc23)C1. The summed E-state index contributed by atoms with van der Waals surface area (Å²) in [4.78, 5) is 72.9. The van der Waals surface area contributed by atoms with Crippen LogP contribution < -0.4 is 16.0 Å². The molecule has 9 aromatic heterocycles. The number of piperidine rings is 1. The van der Waals surface area contributed by atoms with Crippen molar-refractivity contribution in [3.8, 4) is 0 Å². The van der Waals surface area contributed by atoms with Crippen molar-refractivity contribution < 1.29 is 18.8 Å². The van der Waals surface area contributed by atoms with Crippen LogP contribution in [0.4, 0.5) is 38.9 Å². The highest BCUT2D eigenvalue weighted by Gasteiger charge is 2.33. The predicted molar refractivity (Wildman–Crippen MR) is 334 cm³/mol. The first kappa shape index (κ1) is 55.6. The first-order chi connectivity index (χ1) is 42.4. The second kappa shape index (κ2) is 23.8. The number of benzene rings is 3. The van der Waals surface area contributed by atoms with Crippen molar-refractivity contribution in [1.82, 2.24) is 80.1 Å². The summed E-state index contributed by atoms with van der Waals surface area (Å²) in [5.41, 5.74) is 7.74. The average Bonchev–Trinajstić information content (AvgIpc) is 2.53. The van der Waals surface area contributed by atoms with Crippen molar-refractivity contribution in [2.45, 2.75) is 38.8 Å². The number of carbonyl (C=O) groups is 3. The Labute approximate surface area is 498 Å². The molecule has 12 heterocycles. The monoisotopic (exact) mass is 1160 g/mol. The summed E-state index contributed by atoms with van der Waals surface area (Å²) in [6, 6.07) is 34.6. The molecule has 1 atom stereocenters. The van der Waals surface area contributed by atoms with Gasteiger partial charge in [0.05, 0.1) is 16.6 Å². The van der Waals surface area contributed by atoms with Crippen LogP contribution in [0.3, 0.4) is 0 Å². The van der Waals surface area contributed by atoms with Gasteiger partial charge >= 0.3 is 0 Å². The zero-order valence-electron chi connectivity index (χ0n) is 48.1. The molecule has 0 aliphatic carbocycles. The average molecular weight is 1160 g/mol. The van der Waals surface area contributed by atoms with Gasteiger partial charge in [-0.15, -0.1) is 0 Å². The molecule has 0 spiro atoms. The van der Waals surface area contributed by atoms with Crippen molar-refractivity contribution >= 4 is 118 Å². The molecule has 12 aromatic rings. The minimum absolute atomic E-state index is 0.00750. The molecule has 3 fully saturated rings. The molecule has 87 heavy (non-hydrogen) atoms. The highest BCUT2D eigenvalue weighted by atomic mass is 19.1. The Bertz CT molecular complexity index is 4530. The molecule has 0 unspecified atom stereocenters. The Kier molecular flexibility index (Phi) is 15.2. The number of halogens is 1. The summed E-state index contributed by atoms with van der Waals surface area (Å²) in [5.74, 6) is 2.38. The molecule has 15 rings (SSSR count). The number of carbonyl (C=O) groups excluding carboxylic acids is 3. The van der Waals surface area contributed by atoms with Crippen LogP contribution in [-0.2, 0) is 0 Å². The van der Waals surface area contributed by atoms with Gasteiger partial charge < -0.3 is 35.6 Å². The highest BCUT2D eigenvalue weighted by Crippen LogP contribution is 2.32. The summed E-state index contributed by atoms with van der Waals surface area (Å²) in [5, 5.41) is 37.0. The number of nitrogens with one attached hydrogen (secondary N) is 6. The molecule has 22 nitrogen and oxygen atoms in total. The Balaban J connectivity index is 0.000000121. The molecule has 6 N–H and O–H groups in total. The summed E-state index contributed by atoms with van der Waals surface area (Å²) >= 11 is 0. The van der Waals surface area contributed by atoms with Gasteiger partial charge in [-0.05, 0) is 165 Å². The van der Waals surface area contributed by atoms with Crippen LogP contribution in [0.2, 0.25) is 0 Å². The van der Waals surface area contributed by atoms with E-state index in [2.05, 4.69) is 95.3 Å². The van der Waals surface area contributed by atoms with Gasteiger partial charge in [0.25, 0.3) is 17.7 Å². The molecule has 3 aromatic carbocycles. The van der Waals surface area contributed by atoms with E-state index < -0.39 is 5.67 Å². The lowest BCUT2D eigenvalue weighted by Crippen LogP contribution is -2.47. The van der Waals surface area contributed by atoms with Crippen LogP contribution in [0.15, 0.2) is 146 Å². The van der Waals surface area contributed by atoms with Gasteiger partial charge in [0.2, 0.25) is 0 Å². The van der Waals surface area contributed by atoms with Crippen LogP contribution >= 0.6 is 0 Å². The van der Waals surface area contributed by atoms with Crippen LogP contribution in [0.1, 0.15) is 64.6 Å². The molecule has 0 bridgehead atoms. The lowest BCUT2D eigenvalue weighted by molar-refractivity contribution is 0.0500. The first-order valence-electron chi connectivity index (χ1n) is 29.0. The lowest BCUT2D eigenvalue weighted by Gasteiger charge is -2.34. The predicted octanol–water partition coefficient (Wildman–Crippen LogP) is 10.6. The van der Waals surface area contributed by atoms with Gasteiger partial charge in [0, 0.05) is 123 Å². The van der Waals surface area contributed by atoms with Gasteiger partial charge in [0.1, 0.15) is 39.3 Å². The maximum Gasteiger partial charge on any atom is 0.273 e. The number of amides is 3. The zero-order valence-corrected chi connectivity index (χ0v) is 48.1. The topological polar surface area (TPSA) is 264 Å². The minimum atomic E-state index is -1.20. The number of pyridine rings is 6. The number of aromatic nitrogens is 12. The van der Waals surface area contributed by atoms with Crippen molar-refractivity contribution in [3.05, 3.63) is 163 Å². The maximum atomic E-state index is 14.1. The van der Waals surface area contributed by atoms with E-state index in [4.69, 9.17) is 0 Å². The van der Waals surface area contributed by atoms with E-state index in [-0.39, 0.29) is 17.7 Å². The molecular formula is C64H62FN19O3. The second-order valence-electron chi connectivity index (χ2n) is 22.5. The number of rotatable bonds is 9. The van der Waals surface area contributed by atoms with E-state index in [0.717, 1.165) is 128 Å². The quantitative estimate of drug-likeness (QED) is 0.0785. The third-order valence-electron chi connectivity index (χ3n) is 16.2. The zero-order chi connectivity index (χ0) is 59.6. The van der Waals surface area contributed by atoms with E-state index >= 15 is 0 Å². The summed E-state index contributed by atoms with van der Waals surface area (Å²) < 4.78 is 14.1. The number of H-pyrrole nitrogens is 3. The minimum Gasteiger partial charge on any atom is -0.337 e. The number of alkyl halides is 1. The van der Waals surface area contributed by atoms with Crippen LogP contribution in [0, 0.1) is 5.92 Å². The van der Waals surface area contributed by atoms with Crippen molar-refractivity contribution in [2.75, 3.05) is 75.4 Å². The molecule has 438 valence electrons. The fourth-order valence-corrected chi connectivity index (χ4v) is 11.3. The number of fused-ring (bicyclic) bond motifs is 6. The number of aromatic amines is 3. The van der Waals surface area contributed by atoms with E-state index in [9.17, 15) is 18.8 Å². The maximum absolute atomic E-state index is 14.1. The van der Waals surface area contributed by atoms with E-state index in [0.29, 0.717) is 66.4 Å². The Morgan fingerprint density at radius 1 is 0.483 bits per heavy atom. The smallest absolute Gasteiger partial charge is 0.273 e. The van der Waals surface area contributed by atoms with E-state index in [1.807, 2.05) is 119 Å². The van der Waals surface area contributed by atoms with Crippen LogP contribution in [0.25, 0.3) is 65.4 Å². The molecule has 0 saturated carbocycles. The fourth-order valence-electron chi connectivity index (χ4n) is 11.3. The van der Waals surface area contributed by atoms with Gasteiger partial charge in [-0.1, -0.05) is 6.92 Å². The van der Waals surface area contributed by atoms with Gasteiger partial charge in [0.15, 0.2) is 17.5 Å². The second-order valence-corrected chi connectivity index (χ2v) is 22.5. The van der Waals surface area contributed by atoms with Crippen molar-refractivity contribution in [3.63, 3.8) is 0 Å². The van der Waals surface area contributed by atoms with Crippen LogP contribution in [0.5, 0.6) is 0 Å². The van der Waals surface area contributed by atoms with Gasteiger partial charge in [-0.3, -0.25) is 59.6 Å². The summed E-state index contributed by atoms with van der Waals surface area (Å²) in [6.07, 6.45) is 12.0. The number of nitrogens with zero attached hydrogens (tertiary/aromatic N) is 13. The lowest BCUT2D eigenvalue weighted by atomic mass is 9.95. The van der Waals surface area contributed by atoms with E-state index in [1.165, 1.54) is 0 Å². The summed E-state index contributed by atoms with van der Waals surface area (Å²) in [7, 11) is 2.07. The molecule has 3 amide bonds. The van der Waals surface area contributed by atoms with E-state index in [1.54, 1.807) is 49.0 Å². The molecule has 3 aliphatic rings. The number of hydrogen-bond donors (Lipinski definition) is 6. The highest BCUT2D eigenvalue weighted by molar-refractivity contribution is 6.08. The van der Waals surface area contributed by atoms with Gasteiger partial charge in [-0.2, -0.15) is 15.3 Å². The third kappa shape index (κ3) is 11.8. The standard InChI is InChI=1S/C22H21FN6O.C21H21N7O.C21H20N6O/c1-22(23)7-11-29(12-8-22)21(30)18-16-5-4-15(13-14(16)6-10-25-18)26-20-19-17(27-28-20)3-2-9-24-19;1-27-9-11-28(12-10-27)21(29)18-16-5-4-15(13-14(16)6-8-23-18)24-20-19-17(25-26-20)3-2-7-22-19;1-13-7-10-27(12-13)21(28)18-16-5-4-15(11-14(16)6-9-23-18)24-20-19-17(25-26-20)3-2-8-22-19/h2-6,9-10,13H,7-8,11-12H2,1H3,(H2,26,27,28);2-8,13H,9-12H2,1H3,(H2,24,25,26);2-6,8-9,11,13H,7,10,12H2,1H3,(H2,24,25,26)/t;;13-/m..0/s1. The van der Waals surface area contributed by atoms with Crippen LogP contribution in [-0.4, -0.2) is 163 Å². The number of likely N-dealkylation sites (N-methyl/N-ethyl adjacent to an activating group) is 1. The number of hydrogen-bond acceptors (Lipinski definition) is 16. The number of anilines is 6. The number of likely N-dealkylation sites (tertiary alicyclic amines) is 2. The largest absolute Gasteiger partial charge is 0.337 e. The normalized spacial score (nSPS) is 16.0. The third-order valence-corrected chi connectivity index (χ3v) is 16.2. The van der Waals surface area contributed by atoms with Crippen molar-refractivity contribution in [1.29, 1.82) is 0 Å². The number of piperazine rings is 1. The first-order valence-corrected chi connectivity index (χ1v) is 29.0. The molecular weight excluding hydrogens is 1100 g/mol. The molecule has 3 aliphatic heterocycles. The van der Waals surface area contributed by atoms with Crippen molar-refractivity contribution in [2.24, 2.45) is 5.92 Å². The Morgan fingerprint density at radius 2 is 0.862 bits per heavy atom. The summed E-state index contributed by atoms with van der Waals surface area (Å²) in [6.45, 7) is 9.41. The molecule has 3 saturated heterocycles.